The van der Waals surface area contributed by atoms with E-state index < -0.39 is 0 Å². The third kappa shape index (κ3) is 4.21. The van der Waals surface area contributed by atoms with E-state index in [0.29, 0.717) is 23.4 Å². The second-order valence-electron chi connectivity index (χ2n) is 14.3. The van der Waals surface area contributed by atoms with E-state index in [-0.39, 0.29) is 11.9 Å². The third-order valence-electron chi connectivity index (χ3n) is 13.0. The number of carbonyl (C=O) groups is 1. The van der Waals surface area contributed by atoms with Gasteiger partial charge >= 0.3 is 5.97 Å². The number of rotatable bonds is 4. The van der Waals surface area contributed by atoms with E-state index in [9.17, 15) is 4.79 Å². The zero-order valence-electron chi connectivity index (χ0n) is 22.9. The molecule has 0 aromatic carbocycles. The van der Waals surface area contributed by atoms with Crippen LogP contribution in [0.4, 0.5) is 0 Å². The summed E-state index contributed by atoms with van der Waals surface area (Å²) in [5.74, 6) is 5.52. The van der Waals surface area contributed by atoms with Crippen molar-refractivity contribution in [2.24, 2.45) is 52.3 Å². The third-order valence-corrected chi connectivity index (χ3v) is 13.0. The molecule has 4 aliphatic carbocycles. The van der Waals surface area contributed by atoms with Gasteiger partial charge in [0.1, 0.15) is 0 Å². The fraction of sp³-hybridized carbons (Fsp3) is 0.968. The van der Waals surface area contributed by atoms with Crippen molar-refractivity contribution >= 4 is 5.97 Å². The van der Waals surface area contributed by atoms with Gasteiger partial charge in [0.05, 0.1) is 12.5 Å². The molecule has 4 nitrogen and oxygen atoms in total. The number of hydrogen-bond acceptors (Lipinski definition) is 4. The summed E-state index contributed by atoms with van der Waals surface area (Å²) >= 11 is 0. The van der Waals surface area contributed by atoms with Crippen LogP contribution in [0.5, 0.6) is 0 Å². The summed E-state index contributed by atoms with van der Waals surface area (Å²) in [4.78, 5) is 15.0. The molecule has 1 N–H and O–H groups in total. The van der Waals surface area contributed by atoms with Crippen molar-refractivity contribution in [1.29, 1.82) is 0 Å². The predicted octanol–water partition coefficient (Wildman–Crippen LogP) is 5.90. The minimum absolute atomic E-state index is 0.0820. The van der Waals surface area contributed by atoms with E-state index >= 15 is 0 Å². The lowest BCUT2D eigenvalue weighted by Crippen LogP contribution is -2.55. The van der Waals surface area contributed by atoms with Crippen LogP contribution < -0.4 is 5.32 Å². The Bertz CT molecular complexity index is 778. The van der Waals surface area contributed by atoms with Crippen molar-refractivity contribution in [3.8, 4) is 0 Å². The number of hydrogen-bond donors (Lipinski definition) is 1. The molecule has 2 saturated heterocycles. The molecule has 198 valence electrons. The van der Waals surface area contributed by atoms with Gasteiger partial charge in [-0.25, -0.2) is 0 Å². The molecule has 0 amide bonds. The standard InChI is InChI=1S/C31H52N2O2/c1-21(19-22-11-18-35-29(22)34)26-7-8-27-25-6-5-23-20-24(33-16-4-14-32-15-17-33)9-12-30(23,2)28(25)10-13-31(26,27)3/h21-28,32H,4-20H2,1-3H3/t21-,22?,23+,24+,25?,26-,27?,28?,30+,31-/m1/s1. The van der Waals surface area contributed by atoms with Gasteiger partial charge in [0.25, 0.3) is 0 Å². The molecule has 10 atom stereocenters. The number of ether oxygens (including phenoxy) is 1. The first-order chi connectivity index (χ1) is 16.9. The summed E-state index contributed by atoms with van der Waals surface area (Å²) in [5, 5.41) is 3.61. The Morgan fingerprint density at radius 1 is 0.971 bits per heavy atom. The van der Waals surface area contributed by atoms with E-state index in [0.717, 1.165) is 48.5 Å². The first kappa shape index (κ1) is 24.7. The number of cyclic esters (lactones) is 1. The topological polar surface area (TPSA) is 41.6 Å². The van der Waals surface area contributed by atoms with Gasteiger partial charge in [-0.1, -0.05) is 20.8 Å². The second-order valence-corrected chi connectivity index (χ2v) is 14.3. The maximum Gasteiger partial charge on any atom is 0.309 e. The van der Waals surface area contributed by atoms with Crippen molar-refractivity contribution < 1.29 is 9.53 Å². The molecule has 35 heavy (non-hydrogen) atoms. The summed E-state index contributed by atoms with van der Waals surface area (Å²) < 4.78 is 5.30. The predicted molar refractivity (Wildman–Crippen MR) is 141 cm³/mol. The fourth-order valence-electron chi connectivity index (χ4n) is 11.1. The quantitative estimate of drug-likeness (QED) is 0.505. The summed E-state index contributed by atoms with van der Waals surface area (Å²) in [6.07, 6.45) is 16.5. The summed E-state index contributed by atoms with van der Waals surface area (Å²) in [6, 6.07) is 0.845. The lowest BCUT2D eigenvalue weighted by atomic mass is 9.44. The summed E-state index contributed by atoms with van der Waals surface area (Å²) in [6.45, 7) is 13.5. The first-order valence-electron chi connectivity index (χ1n) is 15.5. The Balaban J connectivity index is 1.13. The van der Waals surface area contributed by atoms with Crippen LogP contribution in [0.25, 0.3) is 0 Å². The highest BCUT2D eigenvalue weighted by atomic mass is 16.5. The zero-order valence-corrected chi connectivity index (χ0v) is 22.9. The molecule has 2 aliphatic heterocycles. The monoisotopic (exact) mass is 484 g/mol. The van der Waals surface area contributed by atoms with Gasteiger partial charge in [0, 0.05) is 19.1 Å². The van der Waals surface area contributed by atoms with Gasteiger partial charge in [-0.3, -0.25) is 9.69 Å². The minimum Gasteiger partial charge on any atom is -0.465 e. The van der Waals surface area contributed by atoms with Crippen LogP contribution in [0.2, 0.25) is 0 Å². The van der Waals surface area contributed by atoms with Crippen LogP contribution in [-0.4, -0.2) is 49.7 Å². The molecule has 4 unspecified atom stereocenters. The van der Waals surface area contributed by atoms with Crippen molar-refractivity contribution in [3.63, 3.8) is 0 Å². The normalized spacial score (nSPS) is 49.5. The van der Waals surface area contributed by atoms with Crippen LogP contribution in [0, 0.1) is 52.3 Å². The molecule has 4 saturated carbocycles. The lowest BCUT2D eigenvalue weighted by molar-refractivity contribution is -0.142. The number of esters is 1. The average Bonchev–Trinajstić information content (AvgIpc) is 3.28. The largest absolute Gasteiger partial charge is 0.465 e. The van der Waals surface area contributed by atoms with E-state index in [1.807, 2.05) is 0 Å². The van der Waals surface area contributed by atoms with Gasteiger partial charge < -0.3 is 10.1 Å². The molecule has 4 heteroatoms. The van der Waals surface area contributed by atoms with Crippen LogP contribution >= 0.6 is 0 Å². The smallest absolute Gasteiger partial charge is 0.309 e. The highest BCUT2D eigenvalue weighted by Crippen LogP contribution is 2.68. The van der Waals surface area contributed by atoms with Crippen molar-refractivity contribution in [2.45, 2.75) is 104 Å². The molecule has 0 spiro atoms. The molecule has 0 radical (unpaired) electrons. The number of nitrogens with one attached hydrogen (secondary N) is 1. The van der Waals surface area contributed by atoms with Gasteiger partial charge in [0.15, 0.2) is 0 Å². The fourth-order valence-corrected chi connectivity index (χ4v) is 11.1. The molecular formula is C31H52N2O2. The van der Waals surface area contributed by atoms with Crippen molar-refractivity contribution in [1.82, 2.24) is 10.2 Å². The van der Waals surface area contributed by atoms with Crippen LogP contribution in [0.15, 0.2) is 0 Å². The van der Waals surface area contributed by atoms with Crippen molar-refractivity contribution in [3.05, 3.63) is 0 Å². The number of fused-ring (bicyclic) bond motifs is 5. The molecule has 0 aromatic rings. The number of carbonyl (C=O) groups excluding carboxylic acids is 1. The molecule has 6 fully saturated rings. The Morgan fingerprint density at radius 2 is 1.80 bits per heavy atom. The molecule has 6 aliphatic rings. The minimum atomic E-state index is 0.0820. The maximum absolute atomic E-state index is 12.2. The van der Waals surface area contributed by atoms with E-state index in [1.54, 1.807) is 0 Å². The van der Waals surface area contributed by atoms with Crippen molar-refractivity contribution in [2.75, 3.05) is 32.8 Å². The summed E-state index contributed by atoms with van der Waals surface area (Å²) in [5.41, 5.74) is 1.09. The molecule has 6 rings (SSSR count). The van der Waals surface area contributed by atoms with Crippen LogP contribution in [0.3, 0.4) is 0 Å². The zero-order chi connectivity index (χ0) is 24.2. The van der Waals surface area contributed by atoms with E-state index in [4.69, 9.17) is 4.74 Å². The van der Waals surface area contributed by atoms with Gasteiger partial charge in [-0.05, 0) is 136 Å². The Labute approximate surface area is 214 Å². The first-order valence-corrected chi connectivity index (χ1v) is 15.5. The highest BCUT2D eigenvalue weighted by molar-refractivity contribution is 5.74. The lowest BCUT2D eigenvalue weighted by Gasteiger charge is -2.62. The van der Waals surface area contributed by atoms with Gasteiger partial charge in [-0.2, -0.15) is 0 Å². The van der Waals surface area contributed by atoms with Crippen LogP contribution in [0.1, 0.15) is 97.8 Å². The average molecular weight is 485 g/mol. The van der Waals surface area contributed by atoms with E-state index in [1.165, 1.54) is 90.4 Å². The molecular weight excluding hydrogens is 432 g/mol. The number of nitrogens with zero attached hydrogens (tertiary/aromatic N) is 1. The Hall–Kier alpha value is -0.610. The second kappa shape index (κ2) is 9.61. The van der Waals surface area contributed by atoms with Gasteiger partial charge in [0.2, 0.25) is 0 Å². The van der Waals surface area contributed by atoms with E-state index in [2.05, 4.69) is 31.0 Å². The van der Waals surface area contributed by atoms with Crippen LogP contribution in [-0.2, 0) is 9.53 Å². The molecule has 0 bridgehead atoms. The van der Waals surface area contributed by atoms with Gasteiger partial charge in [-0.15, -0.1) is 0 Å². The molecule has 2 heterocycles. The maximum atomic E-state index is 12.2. The Morgan fingerprint density at radius 3 is 2.63 bits per heavy atom. The summed E-state index contributed by atoms with van der Waals surface area (Å²) in [7, 11) is 0. The highest BCUT2D eigenvalue weighted by Gasteiger charge is 2.60. The SMILES string of the molecule is C[C@H](CC1CCOC1=O)[C@H]1CCC2C3CC[C@H]4C[C@@H](N5CCCNCC5)CC[C@]4(C)C3CC[C@@]21C. The Kier molecular flexibility index (Phi) is 6.78. The molecule has 0 aromatic heterocycles.